The molecule has 30 heavy (non-hydrogen) atoms. The summed E-state index contributed by atoms with van der Waals surface area (Å²) in [6.45, 7) is 2.00. The number of carbonyl (C=O) groups excluding carboxylic acids is 1. The van der Waals surface area contributed by atoms with Gasteiger partial charge in [-0.1, -0.05) is 46.3 Å². The summed E-state index contributed by atoms with van der Waals surface area (Å²) in [5.74, 6) is -0.179. The van der Waals surface area contributed by atoms with Gasteiger partial charge < -0.3 is 19.6 Å². The number of carbonyl (C=O) groups is 1. The Balaban J connectivity index is 1.68. The first-order valence-electron chi connectivity index (χ1n) is 9.38. The number of hydrogen-bond donors (Lipinski definition) is 2. The van der Waals surface area contributed by atoms with Crippen molar-refractivity contribution in [2.24, 2.45) is 0 Å². The Morgan fingerprint density at radius 1 is 1.07 bits per heavy atom. The zero-order valence-electron chi connectivity index (χ0n) is 16.5. The smallest absolute Gasteiger partial charge is 0.339 e. The van der Waals surface area contributed by atoms with Gasteiger partial charge in [-0.25, -0.2) is 4.79 Å². The van der Waals surface area contributed by atoms with Crippen LogP contribution in [0.4, 0.5) is 0 Å². The number of nitrogens with one attached hydrogen (secondary N) is 1. The molecule has 152 valence electrons. The minimum Gasteiger partial charge on any atom is -0.504 e. The summed E-state index contributed by atoms with van der Waals surface area (Å²) in [5.41, 5.74) is 4.09. The van der Waals surface area contributed by atoms with Gasteiger partial charge in [0, 0.05) is 21.1 Å². The van der Waals surface area contributed by atoms with E-state index in [1.54, 1.807) is 24.3 Å². The number of para-hydroxylation sites is 1. The number of esters is 1. The fraction of sp³-hybridized carbons (Fsp3) is 0.125. The Morgan fingerprint density at radius 3 is 2.63 bits per heavy atom. The van der Waals surface area contributed by atoms with E-state index in [-0.39, 0.29) is 12.4 Å². The third-order valence-electron chi connectivity index (χ3n) is 5.00. The predicted octanol–water partition coefficient (Wildman–Crippen LogP) is 5.98. The van der Waals surface area contributed by atoms with Crippen molar-refractivity contribution >= 4 is 32.8 Å². The molecule has 0 aliphatic rings. The van der Waals surface area contributed by atoms with Crippen molar-refractivity contribution in [1.29, 1.82) is 0 Å². The number of aromatic nitrogens is 1. The second kappa shape index (κ2) is 8.24. The highest BCUT2D eigenvalue weighted by atomic mass is 79.9. The summed E-state index contributed by atoms with van der Waals surface area (Å²) in [5, 5.41) is 11.8. The molecule has 1 aromatic heterocycles. The van der Waals surface area contributed by atoms with E-state index in [1.807, 2.05) is 43.3 Å². The van der Waals surface area contributed by atoms with E-state index in [2.05, 4.69) is 20.9 Å². The summed E-state index contributed by atoms with van der Waals surface area (Å²) < 4.78 is 11.5. The lowest BCUT2D eigenvalue weighted by atomic mass is 9.94. The van der Waals surface area contributed by atoms with Crippen LogP contribution in [-0.4, -0.2) is 23.2 Å². The van der Waals surface area contributed by atoms with Gasteiger partial charge in [0.2, 0.25) is 0 Å². The zero-order valence-corrected chi connectivity index (χ0v) is 18.1. The summed E-state index contributed by atoms with van der Waals surface area (Å²) in [6, 6.07) is 18.7. The van der Waals surface area contributed by atoms with Gasteiger partial charge in [0.1, 0.15) is 6.61 Å². The van der Waals surface area contributed by atoms with E-state index in [4.69, 9.17) is 9.47 Å². The molecule has 0 aliphatic carbocycles. The first-order valence-corrected chi connectivity index (χ1v) is 10.2. The van der Waals surface area contributed by atoms with Gasteiger partial charge in [-0.15, -0.1) is 0 Å². The minimum absolute atomic E-state index is 0.0363. The molecule has 0 fully saturated rings. The molecular formula is C24H20BrNO4. The molecule has 4 rings (SSSR count). The molecule has 0 saturated heterocycles. The van der Waals surface area contributed by atoms with Crippen molar-refractivity contribution in [2.75, 3.05) is 7.11 Å². The van der Waals surface area contributed by atoms with Crippen LogP contribution in [0.25, 0.3) is 22.0 Å². The molecule has 0 amide bonds. The normalized spacial score (nSPS) is 10.9. The van der Waals surface area contributed by atoms with Crippen LogP contribution in [0.2, 0.25) is 0 Å². The fourth-order valence-corrected chi connectivity index (χ4v) is 4.07. The number of H-pyrrole nitrogens is 1. The monoisotopic (exact) mass is 465 g/mol. The lowest BCUT2D eigenvalue weighted by Gasteiger charge is -2.16. The number of aromatic amines is 1. The molecule has 2 N–H and O–H groups in total. The Labute approximate surface area is 182 Å². The Bertz CT molecular complexity index is 1210. The third-order valence-corrected chi connectivity index (χ3v) is 5.66. The van der Waals surface area contributed by atoms with Crippen molar-refractivity contribution in [3.63, 3.8) is 0 Å². The molecule has 0 bridgehead atoms. The second-order valence-electron chi connectivity index (χ2n) is 6.93. The maximum Gasteiger partial charge on any atom is 0.339 e. The maximum atomic E-state index is 13.0. The van der Waals surface area contributed by atoms with Crippen molar-refractivity contribution in [1.82, 2.24) is 4.98 Å². The maximum absolute atomic E-state index is 13.0. The molecular weight excluding hydrogens is 446 g/mol. The SMILES string of the molecule is COc1ccc(Br)c(-c2c(C)cccc2C(=O)OCc2cc3ccccc3[nH]2)c1O. The molecule has 0 atom stereocenters. The van der Waals surface area contributed by atoms with Crippen LogP contribution >= 0.6 is 15.9 Å². The molecule has 0 aliphatic heterocycles. The number of phenols is 1. The van der Waals surface area contributed by atoms with Crippen LogP contribution in [0.5, 0.6) is 11.5 Å². The summed E-state index contributed by atoms with van der Waals surface area (Å²) in [4.78, 5) is 16.2. The van der Waals surface area contributed by atoms with Crippen LogP contribution < -0.4 is 4.74 Å². The molecule has 4 aromatic rings. The van der Waals surface area contributed by atoms with Crippen LogP contribution in [0.15, 0.2) is 65.1 Å². The predicted molar refractivity (Wildman–Crippen MR) is 120 cm³/mol. The van der Waals surface area contributed by atoms with Gasteiger partial charge >= 0.3 is 5.97 Å². The first kappa shape index (κ1) is 20.0. The molecule has 5 nitrogen and oxygen atoms in total. The van der Waals surface area contributed by atoms with E-state index in [1.165, 1.54) is 7.11 Å². The molecule has 0 spiro atoms. The van der Waals surface area contributed by atoms with E-state index in [9.17, 15) is 9.90 Å². The Hall–Kier alpha value is -3.25. The van der Waals surface area contributed by atoms with Crippen molar-refractivity contribution < 1.29 is 19.4 Å². The van der Waals surface area contributed by atoms with Crippen LogP contribution in [0.3, 0.4) is 0 Å². The van der Waals surface area contributed by atoms with Crippen LogP contribution in [0.1, 0.15) is 21.6 Å². The number of methoxy groups -OCH3 is 1. The molecule has 0 unspecified atom stereocenters. The van der Waals surface area contributed by atoms with Crippen LogP contribution in [-0.2, 0) is 11.3 Å². The molecule has 0 radical (unpaired) electrons. The lowest BCUT2D eigenvalue weighted by Crippen LogP contribution is -2.08. The number of hydrogen-bond acceptors (Lipinski definition) is 4. The largest absolute Gasteiger partial charge is 0.504 e. The van der Waals surface area contributed by atoms with Crippen molar-refractivity contribution in [3.05, 3.63) is 82.0 Å². The highest BCUT2D eigenvalue weighted by Gasteiger charge is 2.22. The first-order chi connectivity index (χ1) is 14.5. The van der Waals surface area contributed by atoms with E-state index in [0.717, 1.165) is 22.2 Å². The average Bonchev–Trinajstić information content (AvgIpc) is 3.16. The Morgan fingerprint density at radius 2 is 1.87 bits per heavy atom. The number of halogens is 1. The quantitative estimate of drug-likeness (QED) is 0.355. The highest BCUT2D eigenvalue weighted by Crippen LogP contribution is 2.44. The van der Waals surface area contributed by atoms with Gasteiger partial charge in [0.15, 0.2) is 11.5 Å². The number of phenolic OH excluding ortho intramolecular Hbond substituents is 1. The topological polar surface area (TPSA) is 71.5 Å². The van der Waals surface area contributed by atoms with Crippen molar-refractivity contribution in [3.8, 4) is 22.6 Å². The van der Waals surface area contributed by atoms with E-state index in [0.29, 0.717) is 26.9 Å². The van der Waals surface area contributed by atoms with Crippen molar-refractivity contribution in [2.45, 2.75) is 13.5 Å². The number of rotatable bonds is 5. The number of fused-ring (bicyclic) bond motifs is 1. The molecule has 0 saturated carbocycles. The van der Waals surface area contributed by atoms with Gasteiger partial charge in [-0.2, -0.15) is 0 Å². The second-order valence-corrected chi connectivity index (χ2v) is 7.78. The lowest BCUT2D eigenvalue weighted by molar-refractivity contribution is 0.0469. The van der Waals surface area contributed by atoms with E-state index < -0.39 is 5.97 Å². The molecule has 6 heteroatoms. The zero-order chi connectivity index (χ0) is 21.3. The van der Waals surface area contributed by atoms with Crippen LogP contribution in [0, 0.1) is 6.92 Å². The fourth-order valence-electron chi connectivity index (χ4n) is 3.55. The van der Waals surface area contributed by atoms with Gasteiger partial charge in [-0.05, 0) is 48.2 Å². The minimum atomic E-state index is -0.471. The molecule has 1 heterocycles. The number of benzene rings is 3. The number of aryl methyl sites for hydroxylation is 1. The van der Waals surface area contributed by atoms with Gasteiger partial charge in [-0.3, -0.25) is 0 Å². The average molecular weight is 466 g/mol. The Kier molecular flexibility index (Phi) is 5.50. The van der Waals surface area contributed by atoms with E-state index >= 15 is 0 Å². The van der Waals surface area contributed by atoms with Gasteiger partial charge in [0.25, 0.3) is 0 Å². The number of aromatic hydroxyl groups is 1. The summed E-state index contributed by atoms with van der Waals surface area (Å²) in [7, 11) is 1.49. The third kappa shape index (κ3) is 3.66. The van der Waals surface area contributed by atoms with Gasteiger partial charge in [0.05, 0.1) is 18.4 Å². The summed E-state index contributed by atoms with van der Waals surface area (Å²) >= 11 is 3.49. The highest BCUT2D eigenvalue weighted by molar-refractivity contribution is 9.10. The standard InChI is InChI=1S/C24H20BrNO4/c1-14-6-5-8-17(21(14)22-18(25)10-11-20(29-2)23(22)27)24(28)30-13-16-12-15-7-3-4-9-19(15)26-16/h3-12,26-27H,13H2,1-2H3. The molecule has 3 aromatic carbocycles. The summed E-state index contributed by atoms with van der Waals surface area (Å²) in [6.07, 6.45) is 0. The number of ether oxygens (including phenoxy) is 2.